The maximum absolute atomic E-state index is 12.6. The maximum Gasteiger partial charge on any atom is 0.241 e. The number of nitrogens with one attached hydrogen (secondary N) is 1. The average Bonchev–Trinajstić information content (AvgIpc) is 2.70. The van der Waals surface area contributed by atoms with Crippen molar-refractivity contribution in [2.24, 2.45) is 0 Å². The summed E-state index contributed by atoms with van der Waals surface area (Å²) in [6, 6.07) is 15.2. The van der Waals surface area contributed by atoms with Gasteiger partial charge < -0.3 is 15.0 Å². The van der Waals surface area contributed by atoms with Gasteiger partial charge in [0.15, 0.2) is 0 Å². The number of nitrogens with zero attached hydrogens (tertiary/aromatic N) is 2. The summed E-state index contributed by atoms with van der Waals surface area (Å²) in [4.78, 5) is 17.1. The third kappa shape index (κ3) is 4.73. The Morgan fingerprint density at radius 2 is 1.78 bits per heavy atom. The molecule has 0 aliphatic carbocycles. The minimum absolute atomic E-state index is 0.0359. The van der Waals surface area contributed by atoms with Gasteiger partial charge in [-0.1, -0.05) is 35.9 Å². The average molecular weight is 388 g/mol. The molecule has 27 heavy (non-hydrogen) atoms. The van der Waals surface area contributed by atoms with Crippen LogP contribution in [0, 0.1) is 0 Å². The van der Waals surface area contributed by atoms with Crippen molar-refractivity contribution in [3.05, 3.63) is 53.6 Å². The van der Waals surface area contributed by atoms with Crippen LogP contribution in [0.1, 0.15) is 13.8 Å². The Labute approximate surface area is 165 Å². The highest BCUT2D eigenvalue weighted by Crippen LogP contribution is 2.29. The number of amides is 1. The zero-order valence-corrected chi connectivity index (χ0v) is 16.6. The summed E-state index contributed by atoms with van der Waals surface area (Å²) in [6.45, 7) is 7.93. The summed E-state index contributed by atoms with van der Waals surface area (Å²) in [5, 5.41) is 3.48. The normalized spacial score (nSPS) is 16.0. The zero-order valence-electron chi connectivity index (χ0n) is 15.8. The van der Waals surface area contributed by atoms with Gasteiger partial charge in [-0.15, -0.1) is 0 Å². The third-order valence-electron chi connectivity index (χ3n) is 4.88. The molecule has 0 saturated carbocycles. The predicted molar refractivity (Wildman–Crippen MR) is 111 cm³/mol. The summed E-state index contributed by atoms with van der Waals surface area (Å²) in [7, 11) is 0. The fourth-order valence-corrected chi connectivity index (χ4v) is 3.49. The molecular weight excluding hydrogens is 362 g/mol. The summed E-state index contributed by atoms with van der Waals surface area (Å²) >= 11 is 6.14. The van der Waals surface area contributed by atoms with Crippen molar-refractivity contribution in [3.63, 3.8) is 0 Å². The molecule has 0 aromatic heterocycles. The van der Waals surface area contributed by atoms with Gasteiger partial charge >= 0.3 is 0 Å². The molecule has 2 aromatic rings. The number of halogens is 1. The zero-order chi connectivity index (χ0) is 19.2. The predicted octanol–water partition coefficient (Wildman–Crippen LogP) is 3.89. The molecular formula is C21H26ClN3O2. The Morgan fingerprint density at radius 1 is 1.11 bits per heavy atom. The van der Waals surface area contributed by atoms with Crippen molar-refractivity contribution in [2.75, 3.05) is 43.0 Å². The molecule has 1 saturated heterocycles. The lowest BCUT2D eigenvalue weighted by Gasteiger charge is -2.39. The monoisotopic (exact) mass is 387 g/mol. The van der Waals surface area contributed by atoms with E-state index >= 15 is 0 Å². The van der Waals surface area contributed by atoms with Crippen molar-refractivity contribution in [2.45, 2.75) is 19.9 Å². The SMILES string of the molecule is CCOc1ccccc1N1CCN([C@@H](C)C(=O)Nc2ccccc2Cl)CC1. The fourth-order valence-electron chi connectivity index (χ4n) is 3.31. The Morgan fingerprint density at radius 3 is 2.48 bits per heavy atom. The first kappa shape index (κ1) is 19.5. The Balaban J connectivity index is 1.59. The number of para-hydroxylation sites is 3. The second-order valence-electron chi connectivity index (χ2n) is 6.57. The molecule has 2 aromatic carbocycles. The van der Waals surface area contributed by atoms with Crippen molar-refractivity contribution in [3.8, 4) is 5.75 Å². The first-order valence-electron chi connectivity index (χ1n) is 9.36. The van der Waals surface area contributed by atoms with E-state index in [4.69, 9.17) is 16.3 Å². The lowest BCUT2D eigenvalue weighted by atomic mass is 10.2. The highest BCUT2D eigenvalue weighted by Gasteiger charge is 2.26. The van der Waals surface area contributed by atoms with Gasteiger partial charge in [-0.25, -0.2) is 0 Å². The minimum Gasteiger partial charge on any atom is -0.492 e. The van der Waals surface area contributed by atoms with Crippen LogP contribution in [-0.2, 0) is 4.79 Å². The molecule has 0 radical (unpaired) electrons. The molecule has 1 aliphatic heterocycles. The standard InChI is InChI=1S/C21H26ClN3O2/c1-3-27-20-11-7-6-10-19(20)25-14-12-24(13-15-25)16(2)21(26)23-18-9-5-4-8-17(18)22/h4-11,16H,3,12-15H2,1-2H3,(H,23,26)/t16-/m0/s1. The van der Waals surface area contributed by atoms with Gasteiger partial charge in [0, 0.05) is 26.2 Å². The van der Waals surface area contributed by atoms with Gasteiger partial charge in [-0.3, -0.25) is 9.69 Å². The van der Waals surface area contributed by atoms with E-state index in [2.05, 4.69) is 21.2 Å². The molecule has 1 amide bonds. The van der Waals surface area contributed by atoms with Crippen LogP contribution in [0.25, 0.3) is 0 Å². The number of carbonyl (C=O) groups excluding carboxylic acids is 1. The number of hydrogen-bond donors (Lipinski definition) is 1. The number of rotatable bonds is 6. The van der Waals surface area contributed by atoms with Crippen molar-refractivity contribution in [1.29, 1.82) is 0 Å². The van der Waals surface area contributed by atoms with E-state index in [1.165, 1.54) is 0 Å². The number of anilines is 2. The molecule has 1 fully saturated rings. The lowest BCUT2D eigenvalue weighted by molar-refractivity contribution is -0.120. The number of benzene rings is 2. The van der Waals surface area contributed by atoms with E-state index in [9.17, 15) is 4.79 Å². The Bertz CT molecular complexity index is 776. The molecule has 1 aliphatic rings. The molecule has 6 heteroatoms. The van der Waals surface area contributed by atoms with Crippen molar-refractivity contribution < 1.29 is 9.53 Å². The van der Waals surface area contributed by atoms with E-state index in [1.54, 1.807) is 6.07 Å². The molecule has 144 valence electrons. The molecule has 5 nitrogen and oxygen atoms in total. The van der Waals surface area contributed by atoms with E-state index in [-0.39, 0.29) is 11.9 Å². The number of ether oxygens (including phenoxy) is 1. The molecule has 0 bridgehead atoms. The van der Waals surface area contributed by atoms with Crippen molar-refractivity contribution in [1.82, 2.24) is 4.90 Å². The van der Waals surface area contributed by atoms with E-state index < -0.39 is 0 Å². The summed E-state index contributed by atoms with van der Waals surface area (Å²) < 4.78 is 5.75. The van der Waals surface area contributed by atoms with E-state index in [0.29, 0.717) is 17.3 Å². The molecule has 3 rings (SSSR count). The molecule has 1 atom stereocenters. The molecule has 1 N–H and O–H groups in total. The largest absolute Gasteiger partial charge is 0.492 e. The smallest absolute Gasteiger partial charge is 0.241 e. The minimum atomic E-state index is -0.217. The van der Waals surface area contributed by atoms with Crippen LogP contribution in [0.5, 0.6) is 5.75 Å². The van der Waals surface area contributed by atoms with Crippen LogP contribution in [0.2, 0.25) is 5.02 Å². The summed E-state index contributed by atoms with van der Waals surface area (Å²) in [5.41, 5.74) is 1.77. The van der Waals surface area contributed by atoms with Gasteiger partial charge in [-0.05, 0) is 38.1 Å². The second kappa shape index (κ2) is 9.11. The van der Waals surface area contributed by atoms with Crippen LogP contribution in [0.3, 0.4) is 0 Å². The number of carbonyl (C=O) groups is 1. The highest BCUT2D eigenvalue weighted by molar-refractivity contribution is 6.33. The lowest BCUT2D eigenvalue weighted by Crippen LogP contribution is -2.52. The molecule has 0 spiro atoms. The molecule has 1 heterocycles. The van der Waals surface area contributed by atoms with E-state index in [1.807, 2.05) is 50.2 Å². The number of piperazine rings is 1. The maximum atomic E-state index is 12.6. The summed E-state index contributed by atoms with van der Waals surface area (Å²) in [6.07, 6.45) is 0. The van der Waals surface area contributed by atoms with Gasteiger partial charge in [0.2, 0.25) is 5.91 Å². The third-order valence-corrected chi connectivity index (χ3v) is 5.21. The Kier molecular flexibility index (Phi) is 6.58. The van der Waals surface area contributed by atoms with Gasteiger partial charge in [0.25, 0.3) is 0 Å². The Hall–Kier alpha value is -2.24. The quantitative estimate of drug-likeness (QED) is 0.816. The second-order valence-corrected chi connectivity index (χ2v) is 6.98. The van der Waals surface area contributed by atoms with Gasteiger partial charge in [0.1, 0.15) is 5.75 Å². The first-order chi connectivity index (χ1) is 13.1. The molecule has 0 unspecified atom stereocenters. The van der Waals surface area contributed by atoms with Crippen LogP contribution >= 0.6 is 11.6 Å². The fraction of sp³-hybridized carbons (Fsp3) is 0.381. The van der Waals surface area contributed by atoms with E-state index in [0.717, 1.165) is 37.6 Å². The van der Waals surface area contributed by atoms with Crippen LogP contribution in [-0.4, -0.2) is 49.6 Å². The highest BCUT2D eigenvalue weighted by atomic mass is 35.5. The van der Waals surface area contributed by atoms with Crippen LogP contribution in [0.15, 0.2) is 48.5 Å². The van der Waals surface area contributed by atoms with Gasteiger partial charge in [-0.2, -0.15) is 0 Å². The van der Waals surface area contributed by atoms with Crippen LogP contribution < -0.4 is 15.0 Å². The van der Waals surface area contributed by atoms with Crippen molar-refractivity contribution >= 4 is 28.9 Å². The first-order valence-corrected chi connectivity index (χ1v) is 9.74. The van der Waals surface area contributed by atoms with Gasteiger partial charge in [0.05, 0.1) is 29.0 Å². The van der Waals surface area contributed by atoms with Crippen LogP contribution in [0.4, 0.5) is 11.4 Å². The summed E-state index contributed by atoms with van der Waals surface area (Å²) in [5.74, 6) is 0.879. The number of hydrogen-bond acceptors (Lipinski definition) is 4. The topological polar surface area (TPSA) is 44.8 Å².